The van der Waals surface area contributed by atoms with Gasteiger partial charge in [-0.05, 0) is 52.7 Å². The van der Waals surface area contributed by atoms with Gasteiger partial charge in [0.15, 0.2) is 0 Å². The number of hydrogen-bond acceptors (Lipinski definition) is 4. The Morgan fingerprint density at radius 3 is 2.32 bits per heavy atom. The summed E-state index contributed by atoms with van der Waals surface area (Å²) in [4.78, 5) is 22.3. The summed E-state index contributed by atoms with van der Waals surface area (Å²) >= 11 is 0. The number of rotatable bonds is 9. The zero-order valence-corrected chi connectivity index (χ0v) is 24.4. The van der Waals surface area contributed by atoms with E-state index in [0.29, 0.717) is 12.3 Å². The molecule has 1 heterocycles. The van der Waals surface area contributed by atoms with E-state index in [4.69, 9.17) is 9.72 Å². The number of H-pyrrole nitrogens is 1. The van der Waals surface area contributed by atoms with E-state index >= 15 is 0 Å². The van der Waals surface area contributed by atoms with Crippen LogP contribution in [0.15, 0.2) is 73.4 Å². The maximum Gasteiger partial charge on any atom is 0.411 e. The maximum absolute atomic E-state index is 12.2. The highest BCUT2D eigenvalue weighted by atomic mass is 16.5. The molecule has 206 valence electrons. The minimum atomic E-state index is -0.433. The Morgan fingerprint density at radius 1 is 1.16 bits per heavy atom. The first-order valence-corrected chi connectivity index (χ1v) is 13.4. The maximum atomic E-state index is 12.2. The van der Waals surface area contributed by atoms with E-state index in [9.17, 15) is 4.79 Å². The van der Waals surface area contributed by atoms with Crippen molar-refractivity contribution >= 4 is 28.5 Å². The Labute approximate surface area is 229 Å². The number of fused-ring (bicyclic) bond motifs is 1. The number of aromatic amines is 1. The number of aryl methyl sites for hydroxylation is 1. The highest BCUT2D eigenvalue weighted by Crippen LogP contribution is 2.31. The number of nitrogens with zero attached hydrogens (tertiary/aromatic N) is 2. The lowest BCUT2D eigenvalue weighted by atomic mass is 10.1. The van der Waals surface area contributed by atoms with E-state index in [1.54, 1.807) is 0 Å². The molecule has 0 spiro atoms. The predicted octanol–water partition coefficient (Wildman–Crippen LogP) is 9.06. The second-order valence-electron chi connectivity index (χ2n) is 8.90. The summed E-state index contributed by atoms with van der Waals surface area (Å²) in [5.41, 5.74) is 6.81. The summed E-state index contributed by atoms with van der Waals surface area (Å²) in [7, 11) is 1.99. The van der Waals surface area contributed by atoms with E-state index in [1.807, 2.05) is 51.3 Å². The average molecular weight is 519 g/mol. The number of benzene rings is 2. The monoisotopic (exact) mass is 518 g/mol. The van der Waals surface area contributed by atoms with Crippen molar-refractivity contribution in [1.29, 1.82) is 0 Å². The average Bonchev–Trinajstić information content (AvgIpc) is 3.35. The first-order valence-electron chi connectivity index (χ1n) is 13.4. The van der Waals surface area contributed by atoms with Crippen LogP contribution in [-0.4, -0.2) is 36.3 Å². The topological polar surface area (TPSA) is 70.2 Å². The second kappa shape index (κ2) is 17.6. The lowest BCUT2D eigenvalue weighted by Crippen LogP contribution is -2.20. The fourth-order valence-corrected chi connectivity index (χ4v) is 3.05. The largest absolute Gasteiger partial charge is 0.449 e. The minimum Gasteiger partial charge on any atom is -0.449 e. The van der Waals surface area contributed by atoms with E-state index in [1.165, 1.54) is 11.1 Å². The Kier molecular flexibility index (Phi) is 14.9. The molecule has 6 nitrogen and oxygen atoms in total. The van der Waals surface area contributed by atoms with Gasteiger partial charge in [0.1, 0.15) is 5.82 Å². The molecule has 1 aromatic heterocycles. The molecule has 0 aliphatic rings. The van der Waals surface area contributed by atoms with Gasteiger partial charge < -0.3 is 14.6 Å². The molecule has 38 heavy (non-hydrogen) atoms. The van der Waals surface area contributed by atoms with E-state index < -0.39 is 6.09 Å². The fourth-order valence-electron chi connectivity index (χ4n) is 3.05. The van der Waals surface area contributed by atoms with Gasteiger partial charge >= 0.3 is 6.09 Å². The molecular formula is C32H46N4O2. The molecule has 0 saturated carbocycles. The van der Waals surface area contributed by atoms with Gasteiger partial charge in [-0.25, -0.2) is 9.78 Å². The van der Waals surface area contributed by atoms with Crippen LogP contribution in [-0.2, 0) is 4.74 Å². The van der Waals surface area contributed by atoms with E-state index in [0.717, 1.165) is 53.9 Å². The van der Waals surface area contributed by atoms with Gasteiger partial charge in [0.25, 0.3) is 0 Å². The number of ether oxygens (including phenoxy) is 1. The summed E-state index contributed by atoms with van der Waals surface area (Å²) in [6.07, 6.45) is 8.22. The molecule has 2 N–H and O–H groups in total. The molecule has 0 radical (unpaired) electrons. The van der Waals surface area contributed by atoms with Crippen LogP contribution in [0.3, 0.4) is 0 Å². The molecule has 1 amide bonds. The third-order valence-electron chi connectivity index (χ3n) is 5.84. The molecule has 0 aliphatic heterocycles. The normalized spacial score (nSPS) is 10.4. The Hall–Kier alpha value is -3.80. The molecule has 3 aromatic rings. The van der Waals surface area contributed by atoms with Crippen LogP contribution in [0.1, 0.15) is 59.4 Å². The first kappa shape index (κ1) is 32.2. The van der Waals surface area contributed by atoms with Crippen molar-refractivity contribution in [2.24, 2.45) is 0 Å². The third-order valence-corrected chi connectivity index (χ3v) is 5.84. The molecule has 0 fully saturated rings. The van der Waals surface area contributed by atoms with Crippen molar-refractivity contribution in [2.45, 2.75) is 60.8 Å². The van der Waals surface area contributed by atoms with Crippen molar-refractivity contribution < 1.29 is 9.53 Å². The Morgan fingerprint density at radius 2 is 1.82 bits per heavy atom. The van der Waals surface area contributed by atoms with Crippen LogP contribution < -0.4 is 10.2 Å². The predicted molar refractivity (Wildman–Crippen MR) is 165 cm³/mol. The molecule has 0 saturated heterocycles. The number of imidazole rings is 1. The van der Waals surface area contributed by atoms with Crippen LogP contribution in [0.25, 0.3) is 22.4 Å². The summed E-state index contributed by atoms with van der Waals surface area (Å²) in [6, 6.07) is 12.2. The van der Waals surface area contributed by atoms with E-state index in [2.05, 4.69) is 80.3 Å². The standard InChI is InChI=1S/C22H28N4O2.C6H10.C4H8/c1-5-7-12-28-22(27)25-19-13-17-18(14-20(19)26(4)6-2)24-21(23-17)16-10-8-15(3)9-11-16;1-4-6(3)5-2;1-3-4-2/h8-11,13-14H,5-7,12H2,1-4H3,(H,23,24)(H,25,27);4-5H,1H2,2-3H3;3H,1,4H2,2H3/b;6-5-;. The number of allylic oxidation sites excluding steroid dienone is 4. The molecule has 0 bridgehead atoms. The number of amides is 1. The lowest BCUT2D eigenvalue weighted by molar-refractivity contribution is 0.160. The molecule has 3 rings (SSSR count). The Balaban J connectivity index is 0.000000616. The summed E-state index contributed by atoms with van der Waals surface area (Å²) in [5.74, 6) is 0.808. The van der Waals surface area contributed by atoms with Gasteiger partial charge in [0.2, 0.25) is 0 Å². The van der Waals surface area contributed by atoms with Gasteiger partial charge in [-0.2, -0.15) is 0 Å². The number of carbonyl (C=O) groups is 1. The summed E-state index contributed by atoms with van der Waals surface area (Å²) < 4.78 is 5.26. The van der Waals surface area contributed by atoms with Crippen molar-refractivity contribution in [3.05, 3.63) is 78.9 Å². The van der Waals surface area contributed by atoms with Gasteiger partial charge in [-0.3, -0.25) is 5.32 Å². The number of unbranched alkanes of at least 4 members (excludes halogenated alkanes) is 1. The zero-order chi connectivity index (χ0) is 28.5. The van der Waals surface area contributed by atoms with Gasteiger partial charge in [-0.1, -0.05) is 80.5 Å². The second-order valence-corrected chi connectivity index (χ2v) is 8.90. The molecule has 0 unspecified atom stereocenters. The number of aromatic nitrogens is 2. The van der Waals surface area contributed by atoms with Crippen LogP contribution in [0.4, 0.5) is 16.2 Å². The SMILES string of the molecule is C=C/C(C)=C\C.C=CCC.CCCCOC(=O)Nc1cc2[nH]c(-c3ccc(C)cc3)nc2cc1N(C)CC. The minimum absolute atomic E-state index is 0.422. The molecule has 6 heteroatoms. The van der Waals surface area contributed by atoms with Gasteiger partial charge in [-0.15, -0.1) is 6.58 Å². The number of nitrogens with one attached hydrogen (secondary N) is 2. The zero-order valence-electron chi connectivity index (χ0n) is 24.4. The molecule has 2 aromatic carbocycles. The lowest BCUT2D eigenvalue weighted by Gasteiger charge is -2.21. The smallest absolute Gasteiger partial charge is 0.411 e. The quantitative estimate of drug-likeness (QED) is 0.168. The van der Waals surface area contributed by atoms with Crippen LogP contribution in [0.2, 0.25) is 0 Å². The number of carbonyl (C=O) groups excluding carboxylic acids is 1. The van der Waals surface area contributed by atoms with Gasteiger partial charge in [0.05, 0.1) is 29.0 Å². The van der Waals surface area contributed by atoms with Crippen molar-refractivity contribution in [1.82, 2.24) is 9.97 Å². The summed E-state index contributed by atoms with van der Waals surface area (Å²) in [5, 5.41) is 2.88. The first-order chi connectivity index (χ1) is 18.2. The van der Waals surface area contributed by atoms with Crippen molar-refractivity contribution in [3.8, 4) is 11.4 Å². The number of hydrogen-bond donors (Lipinski definition) is 2. The highest BCUT2D eigenvalue weighted by molar-refractivity contribution is 5.96. The van der Waals surface area contributed by atoms with Crippen LogP contribution in [0, 0.1) is 6.92 Å². The summed E-state index contributed by atoms with van der Waals surface area (Å²) in [6.45, 7) is 20.5. The van der Waals surface area contributed by atoms with Crippen LogP contribution >= 0.6 is 0 Å². The molecule has 0 atom stereocenters. The molecule has 0 aliphatic carbocycles. The van der Waals surface area contributed by atoms with Crippen molar-refractivity contribution in [3.63, 3.8) is 0 Å². The highest BCUT2D eigenvalue weighted by Gasteiger charge is 2.15. The number of anilines is 2. The van der Waals surface area contributed by atoms with Crippen molar-refractivity contribution in [2.75, 3.05) is 30.4 Å². The molecular weight excluding hydrogens is 472 g/mol. The van der Waals surface area contributed by atoms with Gasteiger partial charge in [0, 0.05) is 19.2 Å². The van der Waals surface area contributed by atoms with Crippen LogP contribution in [0.5, 0.6) is 0 Å². The Bertz CT molecular complexity index is 1180. The van der Waals surface area contributed by atoms with E-state index in [-0.39, 0.29) is 0 Å². The third kappa shape index (κ3) is 10.7. The fraction of sp³-hybridized carbons (Fsp3) is 0.375.